The smallest absolute Gasteiger partial charge is 0.309 e. The molecular formula is C21H28N2O3. The van der Waals surface area contributed by atoms with Crippen LogP contribution in [0.15, 0.2) is 43.1 Å². The lowest BCUT2D eigenvalue weighted by Crippen LogP contribution is -2.36. The highest BCUT2D eigenvalue weighted by atomic mass is 16.5. The molecule has 26 heavy (non-hydrogen) atoms. The Labute approximate surface area is 154 Å². The van der Waals surface area contributed by atoms with Gasteiger partial charge in [-0.1, -0.05) is 44.7 Å². The van der Waals surface area contributed by atoms with Gasteiger partial charge in [0, 0.05) is 30.6 Å². The van der Waals surface area contributed by atoms with E-state index in [-0.39, 0.29) is 30.7 Å². The molecule has 1 heterocycles. The molecule has 2 rings (SSSR count). The minimum Gasteiger partial charge on any atom is -0.461 e. The van der Waals surface area contributed by atoms with Gasteiger partial charge in [-0.25, -0.2) is 0 Å². The molecule has 0 bridgehead atoms. The van der Waals surface area contributed by atoms with Crippen molar-refractivity contribution in [2.24, 2.45) is 24.6 Å². The zero-order valence-corrected chi connectivity index (χ0v) is 15.8. The zero-order valence-electron chi connectivity index (χ0n) is 15.8. The van der Waals surface area contributed by atoms with E-state index in [1.807, 2.05) is 55.9 Å². The topological polar surface area (TPSA) is 74.3 Å². The van der Waals surface area contributed by atoms with E-state index >= 15 is 0 Å². The standard InChI is InChI=1S/C21H28N2O3/c1-5-10-26-21(25)17(14(2)3)12-20(24)18(22)11-15-13-23(4)19-9-7-6-8-16(15)19/h5-9,13-14,17-18H,1,10-12,22H2,2-4H3/t17-,18-/m0/s1. The Hall–Kier alpha value is -2.40. The SMILES string of the molecule is C=CCOC(=O)[C@@H](CC(=O)[C@@H](N)Cc1cn(C)c2ccccc12)C(C)C. The molecule has 1 aromatic heterocycles. The van der Waals surface area contributed by atoms with E-state index in [2.05, 4.69) is 6.58 Å². The second kappa shape index (κ2) is 8.81. The number of carbonyl (C=O) groups is 2. The first-order chi connectivity index (χ1) is 12.3. The van der Waals surface area contributed by atoms with E-state index in [4.69, 9.17) is 10.5 Å². The lowest BCUT2D eigenvalue weighted by atomic mass is 9.88. The van der Waals surface area contributed by atoms with Gasteiger partial charge in [0.15, 0.2) is 5.78 Å². The molecule has 0 aliphatic rings. The number of rotatable bonds is 9. The van der Waals surface area contributed by atoms with E-state index in [0.29, 0.717) is 6.42 Å². The molecule has 0 saturated heterocycles. The Morgan fingerprint density at radius 3 is 2.65 bits per heavy atom. The van der Waals surface area contributed by atoms with Crippen molar-refractivity contribution in [3.8, 4) is 0 Å². The van der Waals surface area contributed by atoms with Crippen LogP contribution in [0.5, 0.6) is 0 Å². The Balaban J connectivity index is 2.08. The molecule has 2 N–H and O–H groups in total. The van der Waals surface area contributed by atoms with E-state index in [1.54, 1.807) is 0 Å². The summed E-state index contributed by atoms with van der Waals surface area (Å²) in [5, 5.41) is 1.10. The highest BCUT2D eigenvalue weighted by molar-refractivity contribution is 5.90. The monoisotopic (exact) mass is 356 g/mol. The molecule has 0 unspecified atom stereocenters. The Bertz CT molecular complexity index is 792. The normalized spacial score (nSPS) is 13.6. The summed E-state index contributed by atoms with van der Waals surface area (Å²) < 4.78 is 7.15. The van der Waals surface area contributed by atoms with Gasteiger partial charge >= 0.3 is 5.97 Å². The van der Waals surface area contributed by atoms with Crippen LogP contribution in [-0.4, -0.2) is 29.0 Å². The van der Waals surface area contributed by atoms with Crippen molar-refractivity contribution in [2.45, 2.75) is 32.7 Å². The van der Waals surface area contributed by atoms with Crippen LogP contribution in [0.4, 0.5) is 0 Å². The number of hydrogen-bond donors (Lipinski definition) is 1. The number of fused-ring (bicyclic) bond motifs is 1. The number of ketones is 1. The maximum Gasteiger partial charge on any atom is 0.309 e. The average molecular weight is 356 g/mol. The average Bonchev–Trinajstić information content (AvgIpc) is 2.93. The van der Waals surface area contributed by atoms with Crippen LogP contribution in [0.1, 0.15) is 25.8 Å². The highest BCUT2D eigenvalue weighted by Crippen LogP contribution is 2.23. The summed E-state index contributed by atoms with van der Waals surface area (Å²) in [5.74, 6) is -0.972. The largest absolute Gasteiger partial charge is 0.461 e. The molecule has 140 valence electrons. The highest BCUT2D eigenvalue weighted by Gasteiger charge is 2.29. The first kappa shape index (κ1) is 19.9. The number of esters is 1. The van der Waals surface area contributed by atoms with E-state index in [1.165, 1.54) is 6.08 Å². The summed E-state index contributed by atoms with van der Waals surface area (Å²) in [6, 6.07) is 7.39. The van der Waals surface area contributed by atoms with Gasteiger partial charge in [-0.05, 0) is 24.0 Å². The molecule has 0 aliphatic heterocycles. The number of aryl methyl sites for hydroxylation is 1. The fourth-order valence-electron chi connectivity index (χ4n) is 3.15. The second-order valence-corrected chi connectivity index (χ2v) is 7.03. The van der Waals surface area contributed by atoms with Crippen LogP contribution in [0, 0.1) is 11.8 Å². The van der Waals surface area contributed by atoms with Crippen molar-refractivity contribution >= 4 is 22.7 Å². The molecule has 2 atom stereocenters. The molecule has 5 heteroatoms. The molecule has 0 spiro atoms. The molecule has 5 nitrogen and oxygen atoms in total. The zero-order chi connectivity index (χ0) is 19.3. The molecular weight excluding hydrogens is 328 g/mol. The molecule has 1 aromatic carbocycles. The predicted octanol–water partition coefficient (Wildman–Crippen LogP) is 3.01. The van der Waals surface area contributed by atoms with Crippen LogP contribution in [0.2, 0.25) is 0 Å². The summed E-state index contributed by atoms with van der Waals surface area (Å²) in [4.78, 5) is 24.8. The molecule has 2 aromatic rings. The van der Waals surface area contributed by atoms with Gasteiger partial charge in [-0.15, -0.1) is 0 Å². The number of nitrogens with zero attached hydrogens (tertiary/aromatic N) is 1. The van der Waals surface area contributed by atoms with E-state index in [9.17, 15) is 9.59 Å². The number of aromatic nitrogens is 1. The lowest BCUT2D eigenvalue weighted by molar-refractivity contribution is -0.150. The molecule has 0 amide bonds. The van der Waals surface area contributed by atoms with Gasteiger partial charge in [-0.2, -0.15) is 0 Å². The van der Waals surface area contributed by atoms with E-state index in [0.717, 1.165) is 16.5 Å². The molecule has 0 radical (unpaired) electrons. The van der Waals surface area contributed by atoms with Crippen molar-refractivity contribution in [2.75, 3.05) is 6.61 Å². The van der Waals surface area contributed by atoms with Gasteiger partial charge in [0.2, 0.25) is 0 Å². The van der Waals surface area contributed by atoms with Crippen LogP contribution in [0.3, 0.4) is 0 Å². The third-order valence-corrected chi connectivity index (χ3v) is 4.70. The quantitative estimate of drug-likeness (QED) is 0.554. The van der Waals surface area contributed by atoms with Gasteiger partial charge < -0.3 is 15.0 Å². The van der Waals surface area contributed by atoms with Gasteiger partial charge in [0.05, 0.1) is 12.0 Å². The maximum absolute atomic E-state index is 12.6. The van der Waals surface area contributed by atoms with Crippen molar-refractivity contribution in [1.29, 1.82) is 0 Å². The van der Waals surface area contributed by atoms with Crippen molar-refractivity contribution in [1.82, 2.24) is 4.57 Å². The van der Waals surface area contributed by atoms with Crippen LogP contribution in [0.25, 0.3) is 10.9 Å². The summed E-state index contributed by atoms with van der Waals surface area (Å²) in [5.41, 5.74) is 8.32. The number of Topliss-reactive ketones (excluding diaryl/α,β-unsaturated/α-hetero) is 1. The number of ether oxygens (including phenoxy) is 1. The third-order valence-electron chi connectivity index (χ3n) is 4.70. The van der Waals surface area contributed by atoms with Crippen molar-refractivity contribution < 1.29 is 14.3 Å². The second-order valence-electron chi connectivity index (χ2n) is 7.03. The Morgan fingerprint density at radius 2 is 2.00 bits per heavy atom. The Morgan fingerprint density at radius 1 is 1.31 bits per heavy atom. The maximum atomic E-state index is 12.6. The summed E-state index contributed by atoms with van der Waals surface area (Å²) in [6.07, 6.45) is 4.08. The minimum absolute atomic E-state index is 0.000945. The first-order valence-corrected chi connectivity index (χ1v) is 8.93. The third kappa shape index (κ3) is 4.61. The fraction of sp³-hybridized carbons (Fsp3) is 0.429. The molecule has 0 saturated carbocycles. The summed E-state index contributed by atoms with van der Waals surface area (Å²) >= 11 is 0. The number of carbonyl (C=O) groups excluding carboxylic acids is 2. The minimum atomic E-state index is -0.644. The number of nitrogens with two attached hydrogens (primary N) is 1. The van der Waals surface area contributed by atoms with Crippen LogP contribution >= 0.6 is 0 Å². The Kier molecular flexibility index (Phi) is 6.75. The van der Waals surface area contributed by atoms with E-state index < -0.39 is 12.0 Å². The van der Waals surface area contributed by atoms with Crippen LogP contribution < -0.4 is 5.73 Å². The fourth-order valence-corrected chi connectivity index (χ4v) is 3.15. The van der Waals surface area contributed by atoms with Gasteiger partial charge in [0.25, 0.3) is 0 Å². The molecule has 0 fully saturated rings. The summed E-state index contributed by atoms with van der Waals surface area (Å²) in [7, 11) is 1.98. The number of benzene rings is 1. The molecule has 0 aliphatic carbocycles. The lowest BCUT2D eigenvalue weighted by Gasteiger charge is -2.20. The first-order valence-electron chi connectivity index (χ1n) is 8.93. The van der Waals surface area contributed by atoms with Gasteiger partial charge in [-0.3, -0.25) is 9.59 Å². The predicted molar refractivity (Wildman–Crippen MR) is 104 cm³/mol. The van der Waals surface area contributed by atoms with Crippen molar-refractivity contribution in [3.05, 3.63) is 48.7 Å². The number of hydrogen-bond acceptors (Lipinski definition) is 4. The van der Waals surface area contributed by atoms with Crippen molar-refractivity contribution in [3.63, 3.8) is 0 Å². The number of para-hydroxylation sites is 1. The van der Waals surface area contributed by atoms with Crippen LogP contribution in [-0.2, 0) is 27.8 Å². The van der Waals surface area contributed by atoms with Gasteiger partial charge in [0.1, 0.15) is 6.61 Å². The summed E-state index contributed by atoms with van der Waals surface area (Å²) in [6.45, 7) is 7.50.